The quantitative estimate of drug-likeness (QED) is 0.155. The third kappa shape index (κ3) is 13.5. The maximum absolute atomic E-state index is 12.4. The van der Waals surface area contributed by atoms with E-state index in [2.05, 4.69) is 4.74 Å². The van der Waals surface area contributed by atoms with Crippen LogP contribution in [0.25, 0.3) is 0 Å². The van der Waals surface area contributed by atoms with Crippen LogP contribution in [0.1, 0.15) is 0 Å². The van der Waals surface area contributed by atoms with Gasteiger partial charge in [0.1, 0.15) is 23.0 Å². The summed E-state index contributed by atoms with van der Waals surface area (Å²) in [4.78, 5) is 10.9. The summed E-state index contributed by atoms with van der Waals surface area (Å²) in [5, 5.41) is 31.6. The number of aliphatic hydroxyl groups excluding tert-OH is 2. The van der Waals surface area contributed by atoms with Gasteiger partial charge in [0.2, 0.25) is 19.7 Å². The van der Waals surface area contributed by atoms with Crippen molar-refractivity contribution in [3.8, 4) is 23.0 Å². The second kappa shape index (κ2) is 22.2. The fraction of sp³-hybridized carbons (Fsp3) is 0.138. The van der Waals surface area contributed by atoms with Gasteiger partial charge in [0.25, 0.3) is 0 Å². The number of aromatic hydroxyl groups is 1. The number of benzene rings is 4. The molecule has 0 saturated heterocycles. The van der Waals surface area contributed by atoms with Crippen molar-refractivity contribution >= 4 is 25.8 Å². The summed E-state index contributed by atoms with van der Waals surface area (Å²) in [6, 6.07) is 22.7. The molecule has 0 aromatic heterocycles. The summed E-state index contributed by atoms with van der Waals surface area (Å²) in [6.45, 7) is 0. The van der Waals surface area contributed by atoms with Crippen molar-refractivity contribution in [1.82, 2.24) is 0 Å². The predicted octanol–water partition coefficient (Wildman–Crippen LogP) is 4.03. The SMILES string of the molecule is CO.CO.COc1ccc(S(=O)(=O)c2ccc(O)cc2)cc1.COc1ccc(S(=O)(=O)c2ccc(OC(=O)O)cc2)cc1.[Y].[Y]. The molecule has 16 heteroatoms. The first-order chi connectivity index (χ1) is 20.5. The first-order valence-electron chi connectivity index (χ1n) is 11.9. The Bertz CT molecular complexity index is 1630. The minimum Gasteiger partial charge on any atom is -0.508 e. The molecule has 0 aliphatic heterocycles. The Morgan fingerprint density at radius 2 is 0.756 bits per heavy atom. The molecule has 45 heavy (non-hydrogen) atoms. The molecule has 4 rings (SSSR count). The molecule has 0 spiro atoms. The molecular weight excluding hydrogens is 782 g/mol. The first-order valence-corrected chi connectivity index (χ1v) is 14.9. The third-order valence-electron chi connectivity index (χ3n) is 5.23. The van der Waals surface area contributed by atoms with Crippen molar-refractivity contribution in [2.45, 2.75) is 19.6 Å². The smallest absolute Gasteiger partial charge is 0.508 e. The molecule has 4 N–H and O–H groups in total. The zero-order valence-corrected chi connectivity index (χ0v) is 32.1. The third-order valence-corrected chi connectivity index (χ3v) is 8.80. The van der Waals surface area contributed by atoms with Crippen molar-refractivity contribution in [1.29, 1.82) is 0 Å². The average Bonchev–Trinajstić information content (AvgIpc) is 3.03. The number of methoxy groups -OCH3 is 2. The van der Waals surface area contributed by atoms with Crippen LogP contribution in [-0.2, 0) is 85.1 Å². The van der Waals surface area contributed by atoms with Crippen LogP contribution in [0.4, 0.5) is 4.79 Å². The van der Waals surface area contributed by atoms with Gasteiger partial charge in [-0.3, -0.25) is 0 Å². The number of phenols is 1. The molecule has 12 nitrogen and oxygen atoms in total. The number of rotatable bonds is 7. The zero-order valence-electron chi connectivity index (χ0n) is 24.8. The molecule has 0 aliphatic rings. The van der Waals surface area contributed by atoms with Crippen molar-refractivity contribution in [3.63, 3.8) is 0 Å². The van der Waals surface area contributed by atoms with Crippen LogP contribution >= 0.6 is 0 Å². The minimum absolute atomic E-state index is 0. The van der Waals surface area contributed by atoms with Gasteiger partial charge >= 0.3 is 6.16 Å². The van der Waals surface area contributed by atoms with Gasteiger partial charge in [-0.1, -0.05) is 0 Å². The number of ether oxygens (including phenoxy) is 3. The number of hydrogen-bond donors (Lipinski definition) is 4. The molecule has 4 aromatic rings. The van der Waals surface area contributed by atoms with Gasteiger partial charge in [-0.05, 0) is 97.1 Å². The number of hydrogen-bond acceptors (Lipinski definition) is 11. The van der Waals surface area contributed by atoms with Gasteiger partial charge < -0.3 is 34.6 Å². The van der Waals surface area contributed by atoms with Gasteiger partial charge in [-0.25, -0.2) is 21.6 Å². The van der Waals surface area contributed by atoms with Crippen LogP contribution < -0.4 is 14.2 Å². The van der Waals surface area contributed by atoms with Crippen LogP contribution in [0.3, 0.4) is 0 Å². The van der Waals surface area contributed by atoms with E-state index in [0.29, 0.717) is 11.5 Å². The molecule has 0 atom stereocenters. The van der Waals surface area contributed by atoms with Crippen molar-refractivity contribution in [3.05, 3.63) is 97.1 Å². The summed E-state index contributed by atoms with van der Waals surface area (Å²) in [7, 11) is -2.21. The second-order valence-corrected chi connectivity index (χ2v) is 11.6. The van der Waals surface area contributed by atoms with E-state index < -0.39 is 25.8 Å². The summed E-state index contributed by atoms with van der Waals surface area (Å²) < 4.78 is 63.6. The van der Waals surface area contributed by atoms with Crippen molar-refractivity contribution < 1.29 is 122 Å². The Kier molecular flexibility index (Phi) is 22.0. The molecule has 0 aliphatic carbocycles. The molecule has 0 saturated carbocycles. The number of carboxylic acid groups (broad SMARTS) is 1. The van der Waals surface area contributed by atoms with E-state index in [0.717, 1.165) is 14.2 Å². The molecule has 0 fully saturated rings. The Balaban J connectivity index is 0. The van der Waals surface area contributed by atoms with Gasteiger partial charge in [0, 0.05) is 79.6 Å². The summed E-state index contributed by atoms with van der Waals surface area (Å²) >= 11 is 0. The Morgan fingerprint density at radius 3 is 1.00 bits per heavy atom. The van der Waals surface area contributed by atoms with E-state index in [1.165, 1.54) is 87.0 Å². The molecule has 238 valence electrons. The van der Waals surface area contributed by atoms with Gasteiger partial charge in [0.05, 0.1) is 33.8 Å². The zero-order chi connectivity index (χ0) is 32.6. The fourth-order valence-electron chi connectivity index (χ4n) is 3.19. The van der Waals surface area contributed by atoms with Crippen LogP contribution in [0, 0.1) is 0 Å². The van der Waals surface area contributed by atoms with Crippen molar-refractivity contribution in [2.24, 2.45) is 0 Å². The Hall–Kier alpha value is -2.42. The molecule has 0 amide bonds. The monoisotopic (exact) mass is 814 g/mol. The summed E-state index contributed by atoms with van der Waals surface area (Å²) in [5.41, 5.74) is 0. The molecule has 0 unspecified atom stereocenters. The van der Waals surface area contributed by atoms with E-state index in [-0.39, 0.29) is 96.5 Å². The number of phenolic OH excluding ortho intramolecular Hbond substituents is 1. The topological polar surface area (TPSA) is 194 Å². The van der Waals surface area contributed by atoms with Crippen LogP contribution in [0.5, 0.6) is 23.0 Å². The molecule has 0 heterocycles. The summed E-state index contributed by atoms with van der Waals surface area (Å²) in [5.74, 6) is 1.23. The Morgan fingerprint density at radius 1 is 0.511 bits per heavy atom. The standard InChI is InChI=1S/C14H12O6S.C13H12O4S.2CH4O.2Y/c1-19-10-2-6-12(7-3-10)21(17,18)13-8-4-11(5-9-13)20-14(15)16;1-17-11-4-8-13(9-5-11)18(15,16)12-6-2-10(14)3-7-12;2*1-2;;/h2-9H,1H3,(H,15,16);2-9,14H,1H3;2*2H,1H3;;. The van der Waals surface area contributed by atoms with E-state index in [1.807, 2.05) is 0 Å². The molecule has 2 radical (unpaired) electrons. The van der Waals surface area contributed by atoms with Crippen LogP contribution in [0.2, 0.25) is 0 Å². The second-order valence-electron chi connectivity index (χ2n) is 7.69. The summed E-state index contributed by atoms with van der Waals surface area (Å²) in [6.07, 6.45) is -1.46. The predicted molar refractivity (Wildman–Crippen MR) is 156 cm³/mol. The molecule has 4 aromatic carbocycles. The maximum Gasteiger partial charge on any atom is 0.511 e. The Labute approximate surface area is 312 Å². The van der Waals surface area contributed by atoms with Gasteiger partial charge in [-0.15, -0.1) is 0 Å². The molecular formula is C29H32O12S2Y2. The van der Waals surface area contributed by atoms with Crippen molar-refractivity contribution in [2.75, 3.05) is 28.4 Å². The first kappa shape index (κ1) is 44.7. The normalized spacial score (nSPS) is 9.82. The van der Waals surface area contributed by atoms with E-state index in [9.17, 15) is 21.6 Å². The minimum atomic E-state index is -3.67. The number of sulfone groups is 2. The van der Waals surface area contributed by atoms with E-state index >= 15 is 0 Å². The maximum atomic E-state index is 12.4. The fourth-order valence-corrected chi connectivity index (χ4v) is 5.72. The van der Waals surface area contributed by atoms with Gasteiger partial charge in [0.15, 0.2) is 0 Å². The van der Waals surface area contributed by atoms with Crippen LogP contribution in [0.15, 0.2) is 117 Å². The average molecular weight is 815 g/mol. The molecule has 0 bridgehead atoms. The van der Waals surface area contributed by atoms with E-state index in [1.54, 1.807) is 24.3 Å². The van der Waals surface area contributed by atoms with Gasteiger partial charge in [-0.2, -0.15) is 0 Å². The van der Waals surface area contributed by atoms with Crippen LogP contribution in [-0.4, -0.2) is 71.9 Å². The largest absolute Gasteiger partial charge is 0.511 e. The number of aliphatic hydroxyl groups is 2. The van der Waals surface area contributed by atoms with E-state index in [4.69, 9.17) is 29.9 Å². The number of carbonyl (C=O) groups is 1.